The Labute approximate surface area is 126 Å². The molecule has 1 atom stereocenters. The molecule has 0 radical (unpaired) electrons. The molecule has 110 valence electrons. The first-order chi connectivity index (χ1) is 9.69. The topological polar surface area (TPSA) is 33.6 Å². The van der Waals surface area contributed by atoms with E-state index in [2.05, 4.69) is 48.4 Å². The van der Waals surface area contributed by atoms with E-state index in [0.29, 0.717) is 5.25 Å². The highest BCUT2D eigenvalue weighted by Gasteiger charge is 2.20. The summed E-state index contributed by atoms with van der Waals surface area (Å²) in [6, 6.07) is 8.39. The van der Waals surface area contributed by atoms with Crippen LogP contribution in [-0.2, 0) is 11.2 Å². The Morgan fingerprint density at radius 2 is 2.20 bits per heavy atom. The lowest BCUT2D eigenvalue weighted by Gasteiger charge is -2.13. The maximum Gasteiger partial charge on any atom is 0.161 e. The minimum atomic E-state index is 0.628. The lowest BCUT2D eigenvalue weighted by atomic mass is 10.1. The van der Waals surface area contributed by atoms with Crippen molar-refractivity contribution in [3.63, 3.8) is 0 Å². The lowest BCUT2D eigenvalue weighted by Crippen LogP contribution is -2.11. The molecule has 0 amide bonds. The van der Waals surface area contributed by atoms with Crippen molar-refractivity contribution in [1.29, 1.82) is 0 Å². The van der Waals surface area contributed by atoms with Crippen LogP contribution in [0.5, 0.6) is 0 Å². The zero-order chi connectivity index (χ0) is 14.4. The second-order valence-electron chi connectivity index (χ2n) is 5.54. The first-order valence-corrected chi connectivity index (χ1v) is 8.12. The predicted octanol–water partition coefficient (Wildman–Crippen LogP) is 3.80. The van der Waals surface area contributed by atoms with Crippen LogP contribution in [0, 0.1) is 5.92 Å². The van der Waals surface area contributed by atoms with Crippen LogP contribution in [0.15, 0.2) is 29.3 Å². The predicted molar refractivity (Wildman–Crippen MR) is 88.8 cm³/mol. The smallest absolute Gasteiger partial charge is 0.161 e. The number of nitrogens with zero attached hydrogens (tertiary/aromatic N) is 1. The number of ether oxygens (including phenoxy) is 1. The minimum absolute atomic E-state index is 0.628. The number of hydrogen-bond donors (Lipinski definition) is 1. The molecule has 2 rings (SSSR count). The number of benzene rings is 1. The van der Waals surface area contributed by atoms with Crippen molar-refractivity contribution in [3.05, 3.63) is 29.8 Å². The van der Waals surface area contributed by atoms with Crippen LogP contribution in [0.4, 0.5) is 5.69 Å². The average Bonchev–Trinajstić information content (AvgIpc) is 2.84. The number of amidine groups is 1. The van der Waals surface area contributed by atoms with Gasteiger partial charge in [0.2, 0.25) is 0 Å². The molecular formula is C16H24N2OS. The van der Waals surface area contributed by atoms with Gasteiger partial charge < -0.3 is 10.1 Å². The van der Waals surface area contributed by atoms with Gasteiger partial charge in [-0.05, 0) is 30.4 Å². The fourth-order valence-corrected chi connectivity index (χ4v) is 3.59. The minimum Gasteiger partial charge on any atom is -0.384 e. The summed E-state index contributed by atoms with van der Waals surface area (Å²) in [6.45, 7) is 6.22. The Bertz CT molecular complexity index is 460. The second-order valence-corrected chi connectivity index (χ2v) is 6.83. The van der Waals surface area contributed by atoms with Crippen molar-refractivity contribution in [1.82, 2.24) is 0 Å². The van der Waals surface area contributed by atoms with E-state index in [4.69, 9.17) is 4.74 Å². The number of rotatable bonds is 6. The van der Waals surface area contributed by atoms with E-state index in [1.54, 1.807) is 7.11 Å². The van der Waals surface area contributed by atoms with Gasteiger partial charge in [-0.3, -0.25) is 4.99 Å². The second kappa shape index (κ2) is 7.70. The largest absolute Gasteiger partial charge is 0.384 e. The maximum absolute atomic E-state index is 5.17. The highest BCUT2D eigenvalue weighted by molar-refractivity contribution is 8.15. The molecule has 0 saturated carbocycles. The molecule has 0 saturated heterocycles. The van der Waals surface area contributed by atoms with Crippen LogP contribution in [-0.4, -0.2) is 30.7 Å². The quantitative estimate of drug-likeness (QED) is 0.865. The van der Waals surface area contributed by atoms with Crippen molar-refractivity contribution in [2.24, 2.45) is 10.9 Å². The fraction of sp³-hybridized carbons (Fsp3) is 0.562. The van der Waals surface area contributed by atoms with Gasteiger partial charge in [0.25, 0.3) is 0 Å². The van der Waals surface area contributed by atoms with Crippen molar-refractivity contribution in [2.45, 2.75) is 31.9 Å². The Morgan fingerprint density at radius 1 is 1.40 bits per heavy atom. The van der Waals surface area contributed by atoms with E-state index in [9.17, 15) is 0 Å². The summed E-state index contributed by atoms with van der Waals surface area (Å²) >= 11 is 1.87. The third-order valence-electron chi connectivity index (χ3n) is 3.29. The summed E-state index contributed by atoms with van der Waals surface area (Å²) < 4.78 is 5.17. The number of nitrogens with one attached hydrogen (secondary N) is 1. The Kier molecular flexibility index (Phi) is 5.92. The van der Waals surface area contributed by atoms with Gasteiger partial charge in [-0.2, -0.15) is 0 Å². The molecule has 1 N–H and O–H groups in total. The highest BCUT2D eigenvalue weighted by atomic mass is 32.2. The molecule has 1 aliphatic rings. The molecule has 0 bridgehead atoms. The van der Waals surface area contributed by atoms with E-state index in [-0.39, 0.29) is 0 Å². The van der Waals surface area contributed by atoms with Crippen molar-refractivity contribution in [3.8, 4) is 0 Å². The Balaban J connectivity index is 1.94. The van der Waals surface area contributed by atoms with Crippen LogP contribution in [0.1, 0.15) is 25.8 Å². The number of hydrogen-bond acceptors (Lipinski definition) is 4. The molecule has 4 heteroatoms. The molecular weight excluding hydrogens is 268 g/mol. The first kappa shape index (κ1) is 15.4. The number of methoxy groups -OCH3 is 1. The molecule has 0 spiro atoms. The number of thioether (sulfide) groups is 1. The summed E-state index contributed by atoms with van der Waals surface area (Å²) in [5.41, 5.74) is 2.44. The molecule has 1 unspecified atom stereocenters. The van der Waals surface area contributed by atoms with Crippen LogP contribution < -0.4 is 5.32 Å². The molecule has 1 aromatic rings. The van der Waals surface area contributed by atoms with Crippen molar-refractivity contribution < 1.29 is 4.74 Å². The van der Waals surface area contributed by atoms with E-state index in [1.165, 1.54) is 12.0 Å². The number of anilines is 1. The highest BCUT2D eigenvalue weighted by Crippen LogP contribution is 2.28. The van der Waals surface area contributed by atoms with E-state index in [0.717, 1.165) is 36.3 Å². The van der Waals surface area contributed by atoms with Crippen LogP contribution in [0.3, 0.4) is 0 Å². The van der Waals surface area contributed by atoms with Crippen LogP contribution in [0.25, 0.3) is 0 Å². The molecule has 0 fully saturated rings. The summed E-state index contributed by atoms with van der Waals surface area (Å²) in [6.07, 6.45) is 2.15. The molecule has 1 aromatic carbocycles. The summed E-state index contributed by atoms with van der Waals surface area (Å²) in [7, 11) is 1.74. The van der Waals surface area contributed by atoms with Gasteiger partial charge in [-0.25, -0.2) is 0 Å². The Hall–Kier alpha value is -1.000. The van der Waals surface area contributed by atoms with Gasteiger partial charge in [0.1, 0.15) is 0 Å². The lowest BCUT2D eigenvalue weighted by molar-refractivity contribution is 0.202. The number of aliphatic imine (C=N–C) groups is 1. The van der Waals surface area contributed by atoms with Crippen molar-refractivity contribution in [2.75, 3.05) is 25.6 Å². The fourth-order valence-electron chi connectivity index (χ4n) is 2.32. The van der Waals surface area contributed by atoms with E-state index >= 15 is 0 Å². The average molecular weight is 292 g/mol. The zero-order valence-corrected chi connectivity index (χ0v) is 13.4. The van der Waals surface area contributed by atoms with Gasteiger partial charge >= 0.3 is 0 Å². The third-order valence-corrected chi connectivity index (χ3v) is 4.41. The van der Waals surface area contributed by atoms with Crippen molar-refractivity contribution >= 4 is 22.6 Å². The third kappa shape index (κ3) is 4.53. The molecule has 20 heavy (non-hydrogen) atoms. The summed E-state index contributed by atoms with van der Waals surface area (Å²) in [4.78, 5) is 4.62. The SMILES string of the molecule is COCCc1ccccc1NC1=NCC(CC(C)C)S1. The standard InChI is InChI=1S/C16H24N2OS/c1-12(2)10-14-11-17-16(20-14)18-15-7-5-4-6-13(15)8-9-19-3/h4-7,12,14H,8-11H2,1-3H3,(H,17,18). The number of para-hydroxylation sites is 1. The molecule has 1 aliphatic heterocycles. The van der Waals surface area contributed by atoms with Gasteiger partial charge in [0, 0.05) is 18.0 Å². The zero-order valence-electron chi connectivity index (χ0n) is 12.6. The molecule has 0 aliphatic carbocycles. The van der Waals surface area contributed by atoms with Crippen LogP contribution >= 0.6 is 11.8 Å². The van der Waals surface area contributed by atoms with Gasteiger partial charge in [0.15, 0.2) is 5.17 Å². The van der Waals surface area contributed by atoms with Gasteiger partial charge in [0.05, 0.1) is 13.2 Å². The Morgan fingerprint density at radius 3 is 2.95 bits per heavy atom. The molecule has 3 nitrogen and oxygen atoms in total. The summed E-state index contributed by atoms with van der Waals surface area (Å²) in [5.74, 6) is 0.732. The van der Waals surface area contributed by atoms with Gasteiger partial charge in [-0.15, -0.1) is 0 Å². The normalized spacial score (nSPS) is 18.4. The molecule has 1 heterocycles. The van der Waals surface area contributed by atoms with Crippen LogP contribution in [0.2, 0.25) is 0 Å². The van der Waals surface area contributed by atoms with E-state index in [1.807, 2.05) is 11.8 Å². The maximum atomic E-state index is 5.17. The van der Waals surface area contributed by atoms with Gasteiger partial charge in [-0.1, -0.05) is 43.8 Å². The van der Waals surface area contributed by atoms with E-state index < -0.39 is 0 Å². The monoisotopic (exact) mass is 292 g/mol. The first-order valence-electron chi connectivity index (χ1n) is 7.24. The molecule has 0 aromatic heterocycles. The summed E-state index contributed by atoms with van der Waals surface area (Å²) in [5, 5.41) is 5.16.